The van der Waals surface area contributed by atoms with Crippen molar-refractivity contribution >= 4 is 34.8 Å². The molecule has 0 bridgehead atoms. The largest absolute Gasteiger partial charge is 0.508 e. The molecule has 2 amide bonds. The minimum Gasteiger partial charge on any atom is -0.508 e. The van der Waals surface area contributed by atoms with E-state index in [0.29, 0.717) is 12.0 Å². The number of hydrogen-bond acceptors (Lipinski definition) is 11. The number of nitrogens with two attached hydrogens (primary N) is 1. The smallest absolute Gasteiger partial charge is 0.255 e. The number of aliphatic hydroxyl groups excluding tert-OH is 3. The summed E-state index contributed by atoms with van der Waals surface area (Å²) in [5.41, 5.74) is 1.82. The second-order valence-corrected chi connectivity index (χ2v) is 12.6. The third-order valence-corrected chi connectivity index (χ3v) is 9.59. The molecule has 1 saturated carbocycles. The first kappa shape index (κ1) is 32.8. The zero-order valence-corrected chi connectivity index (χ0v) is 26.1. The maximum Gasteiger partial charge on any atom is 0.255 e. The number of carbonyl (C=O) groups is 4. The number of aliphatic hydroxyl groups is 4. The maximum absolute atomic E-state index is 14.2. The lowest BCUT2D eigenvalue weighted by Crippen LogP contribution is -2.70. The Kier molecular flexibility index (Phi) is 8.32. The van der Waals surface area contributed by atoms with Crippen molar-refractivity contribution in [3.05, 3.63) is 76.1 Å². The molecule has 13 heteroatoms. The highest BCUT2D eigenvalue weighted by Crippen LogP contribution is 2.56. The average Bonchev–Trinajstić information content (AvgIpc) is 2.98. The van der Waals surface area contributed by atoms with Gasteiger partial charge in [0.25, 0.3) is 5.91 Å². The van der Waals surface area contributed by atoms with Gasteiger partial charge < -0.3 is 36.6 Å². The predicted octanol–water partition coefficient (Wildman–Crippen LogP) is 0.607. The minimum atomic E-state index is -3.01. The fraction of sp³-hybridized carbons (Fsp3) is 0.394. The van der Waals surface area contributed by atoms with Crippen molar-refractivity contribution in [3.8, 4) is 5.75 Å². The Hall–Kier alpha value is -4.56. The highest BCUT2D eigenvalue weighted by molar-refractivity contribution is 6.24. The second kappa shape index (κ2) is 11.7. The summed E-state index contributed by atoms with van der Waals surface area (Å²) in [4.78, 5) is 56.2. The number of phenolic OH excluding ortho intramolecular Hbond substituents is 1. The molecule has 7 atom stereocenters. The van der Waals surface area contributed by atoms with Crippen molar-refractivity contribution in [3.63, 3.8) is 0 Å². The standard InChI is InChI=1S/C33H38N4O9/c1-14-16-11-12-17(35-32(45)18(36(2)3)13-15-9-7-6-8-10-15)25(38)20(16)26(39)21-19(14)27(40)23-24(37(4)5)28(41)22(31(34)44)30(43)33(23,46)29(21)42/h6-12,14,18-19,23-24,27,38-40,43,46H,13H2,1-5H3,(H2,34,44)(H,35,45)/t14-,18-,19?,23+,24-,27-,33-/m0/s1. The average molecular weight is 635 g/mol. The van der Waals surface area contributed by atoms with Gasteiger partial charge in [-0.05, 0) is 57.7 Å². The van der Waals surface area contributed by atoms with E-state index in [0.717, 1.165) is 5.56 Å². The summed E-state index contributed by atoms with van der Waals surface area (Å²) in [6, 6.07) is 10.3. The Morgan fingerprint density at radius 2 is 1.65 bits per heavy atom. The van der Waals surface area contributed by atoms with Gasteiger partial charge >= 0.3 is 0 Å². The van der Waals surface area contributed by atoms with E-state index in [4.69, 9.17) is 5.73 Å². The molecular formula is C33H38N4O9. The maximum atomic E-state index is 14.2. The van der Waals surface area contributed by atoms with Gasteiger partial charge in [0.2, 0.25) is 11.7 Å². The van der Waals surface area contributed by atoms with Crippen LogP contribution in [0.5, 0.6) is 5.75 Å². The number of carbonyl (C=O) groups excluding carboxylic acids is 4. The third kappa shape index (κ3) is 4.78. The zero-order chi connectivity index (χ0) is 34.0. The number of aromatic hydroxyl groups is 1. The lowest BCUT2D eigenvalue weighted by Gasteiger charge is -2.53. The Balaban J connectivity index is 1.61. The number of likely N-dealkylation sites (N-methyl/N-ethyl adjacent to an activating group) is 2. The van der Waals surface area contributed by atoms with Crippen LogP contribution in [-0.2, 0) is 25.6 Å². The van der Waals surface area contributed by atoms with Crippen LogP contribution in [0.4, 0.5) is 5.69 Å². The summed E-state index contributed by atoms with van der Waals surface area (Å²) >= 11 is 0. The molecule has 0 spiro atoms. The molecule has 1 unspecified atom stereocenters. The Bertz CT molecular complexity index is 1700. The number of phenols is 1. The summed E-state index contributed by atoms with van der Waals surface area (Å²) in [5, 5.41) is 60.3. The van der Waals surface area contributed by atoms with E-state index in [1.165, 1.54) is 25.1 Å². The first-order valence-corrected chi connectivity index (χ1v) is 14.8. The molecule has 2 aromatic carbocycles. The van der Waals surface area contributed by atoms with E-state index >= 15 is 0 Å². The van der Waals surface area contributed by atoms with Gasteiger partial charge in [0, 0.05) is 11.5 Å². The molecule has 0 aliphatic heterocycles. The van der Waals surface area contributed by atoms with Crippen molar-refractivity contribution in [1.82, 2.24) is 9.80 Å². The molecule has 2 aromatic rings. The molecule has 8 N–H and O–H groups in total. The van der Waals surface area contributed by atoms with E-state index in [1.807, 2.05) is 30.3 Å². The van der Waals surface area contributed by atoms with Crippen LogP contribution < -0.4 is 11.1 Å². The van der Waals surface area contributed by atoms with Crippen LogP contribution in [0.15, 0.2) is 59.4 Å². The van der Waals surface area contributed by atoms with Crippen LogP contribution >= 0.6 is 0 Å². The van der Waals surface area contributed by atoms with Gasteiger partial charge in [-0.25, -0.2) is 0 Å². The van der Waals surface area contributed by atoms with Crippen LogP contribution in [0, 0.1) is 11.8 Å². The normalized spacial score (nSPS) is 28.2. The Morgan fingerprint density at radius 1 is 1.02 bits per heavy atom. The zero-order valence-electron chi connectivity index (χ0n) is 26.1. The molecule has 46 heavy (non-hydrogen) atoms. The number of hydrogen-bond donors (Lipinski definition) is 7. The van der Waals surface area contributed by atoms with E-state index in [-0.39, 0.29) is 11.3 Å². The molecule has 13 nitrogen and oxygen atoms in total. The number of amides is 2. The highest BCUT2D eigenvalue weighted by atomic mass is 16.4. The number of anilines is 1. The lowest BCUT2D eigenvalue weighted by atomic mass is 9.54. The summed E-state index contributed by atoms with van der Waals surface area (Å²) in [6.07, 6.45) is -1.33. The predicted molar refractivity (Wildman–Crippen MR) is 167 cm³/mol. The first-order valence-electron chi connectivity index (χ1n) is 14.8. The number of rotatable bonds is 7. The fourth-order valence-corrected chi connectivity index (χ4v) is 7.28. The molecule has 3 aliphatic rings. The SMILES string of the molecule is C[C@H]1c2ccc(NC(=O)[C@H](Cc3ccccc3)N(C)C)c(O)c2C(O)=C2C(=O)[C@]3(O)C(O)=C(C(N)=O)C(=O)[C@@H](N(C)C)[C@@H]3[C@@H](O)C21. The minimum absolute atomic E-state index is 0.0588. The van der Waals surface area contributed by atoms with Gasteiger partial charge in [0.05, 0.1) is 35.4 Å². The molecule has 0 heterocycles. The molecule has 0 saturated heterocycles. The number of fused-ring (bicyclic) bond motifs is 3. The number of ketones is 2. The topological polar surface area (TPSA) is 214 Å². The van der Waals surface area contributed by atoms with Crippen LogP contribution in [0.25, 0.3) is 5.76 Å². The van der Waals surface area contributed by atoms with E-state index in [9.17, 15) is 44.7 Å². The van der Waals surface area contributed by atoms with Crippen LogP contribution in [0.3, 0.4) is 0 Å². The first-order chi connectivity index (χ1) is 21.5. The molecule has 0 radical (unpaired) electrons. The highest BCUT2D eigenvalue weighted by Gasteiger charge is 2.68. The number of primary amides is 1. The molecule has 3 aliphatic carbocycles. The van der Waals surface area contributed by atoms with Crippen molar-refractivity contribution in [1.29, 1.82) is 0 Å². The van der Waals surface area contributed by atoms with Gasteiger partial charge in [-0.1, -0.05) is 43.3 Å². The fourth-order valence-electron chi connectivity index (χ4n) is 7.28. The summed E-state index contributed by atoms with van der Waals surface area (Å²) in [5.74, 6) is -10.3. The number of nitrogens with zero attached hydrogens (tertiary/aromatic N) is 2. The van der Waals surface area contributed by atoms with Crippen LogP contribution in [0.1, 0.15) is 29.5 Å². The van der Waals surface area contributed by atoms with Gasteiger partial charge in [-0.15, -0.1) is 0 Å². The quantitative estimate of drug-likeness (QED) is 0.165. The number of nitrogens with one attached hydrogen (secondary N) is 1. The number of benzene rings is 2. The Labute approximate surface area is 265 Å². The van der Waals surface area contributed by atoms with Crippen molar-refractivity contribution in [2.75, 3.05) is 33.5 Å². The van der Waals surface area contributed by atoms with Crippen molar-refractivity contribution in [2.24, 2.45) is 17.6 Å². The molecule has 0 aromatic heterocycles. The third-order valence-electron chi connectivity index (χ3n) is 9.59. The van der Waals surface area contributed by atoms with Gasteiger partial charge in [-0.3, -0.25) is 29.0 Å². The van der Waals surface area contributed by atoms with E-state index in [2.05, 4.69) is 5.32 Å². The van der Waals surface area contributed by atoms with E-state index in [1.54, 1.807) is 32.0 Å². The van der Waals surface area contributed by atoms with Crippen molar-refractivity contribution < 1.29 is 44.7 Å². The van der Waals surface area contributed by atoms with Gasteiger partial charge in [0.1, 0.15) is 22.8 Å². The summed E-state index contributed by atoms with van der Waals surface area (Å²) in [7, 11) is 6.36. The number of Topliss-reactive ketones (excluding diaryl/α,β-unsaturated/α-hetero) is 2. The Morgan fingerprint density at radius 3 is 2.22 bits per heavy atom. The summed E-state index contributed by atoms with van der Waals surface area (Å²) in [6.45, 7) is 1.64. The van der Waals surface area contributed by atoms with Crippen LogP contribution in [-0.4, -0.2) is 111 Å². The monoisotopic (exact) mass is 634 g/mol. The second-order valence-electron chi connectivity index (χ2n) is 12.6. The van der Waals surface area contributed by atoms with E-state index < -0.39 is 93.3 Å². The van der Waals surface area contributed by atoms with Crippen LogP contribution in [0.2, 0.25) is 0 Å². The molecule has 244 valence electrons. The van der Waals surface area contributed by atoms with Gasteiger partial charge in [-0.2, -0.15) is 0 Å². The molecule has 5 rings (SSSR count). The van der Waals surface area contributed by atoms with Gasteiger partial charge in [0.15, 0.2) is 11.4 Å². The lowest BCUT2D eigenvalue weighted by molar-refractivity contribution is -0.169. The van der Waals surface area contributed by atoms with Crippen molar-refractivity contribution in [2.45, 2.75) is 43.1 Å². The molecule has 1 fully saturated rings. The molecular weight excluding hydrogens is 596 g/mol. The summed E-state index contributed by atoms with van der Waals surface area (Å²) < 4.78 is 0.